The molecule has 0 bridgehead atoms. The molecule has 0 atom stereocenters. The number of likely N-dealkylation sites (tertiary alicyclic amines) is 1. The number of aromatic amines is 1. The predicted molar refractivity (Wildman–Crippen MR) is 67.0 cm³/mol. The van der Waals surface area contributed by atoms with Crippen LogP contribution in [-0.4, -0.2) is 55.5 Å². The van der Waals surface area contributed by atoms with Crippen molar-refractivity contribution < 1.29 is 14.7 Å². The van der Waals surface area contributed by atoms with Crippen LogP contribution in [0.25, 0.3) is 0 Å². The van der Waals surface area contributed by atoms with Crippen molar-refractivity contribution >= 4 is 23.6 Å². The van der Waals surface area contributed by atoms with Gasteiger partial charge < -0.3 is 10.0 Å². The Morgan fingerprint density at radius 3 is 2.68 bits per heavy atom. The molecule has 0 saturated carbocycles. The van der Waals surface area contributed by atoms with Crippen molar-refractivity contribution in [2.75, 3.05) is 18.8 Å². The number of aliphatic carboxylic acids is 1. The largest absolute Gasteiger partial charge is 0.481 e. The molecular weight excluding hydrogens is 272 g/mol. The molecule has 104 valence electrons. The molecule has 1 aliphatic heterocycles. The minimum absolute atomic E-state index is 0.0999. The zero-order valence-corrected chi connectivity index (χ0v) is 11.0. The molecule has 0 aromatic carbocycles. The number of thioether (sulfide) groups is 1. The van der Waals surface area contributed by atoms with Crippen LogP contribution >= 0.6 is 11.8 Å². The first-order chi connectivity index (χ1) is 9.08. The number of carbonyl (C=O) groups is 2. The summed E-state index contributed by atoms with van der Waals surface area (Å²) in [4.78, 5) is 35.7. The van der Waals surface area contributed by atoms with Gasteiger partial charge in [0.05, 0.1) is 5.75 Å². The fourth-order valence-corrected chi connectivity index (χ4v) is 2.55. The van der Waals surface area contributed by atoms with Gasteiger partial charge in [0.1, 0.15) is 6.54 Å². The first-order valence-electron chi connectivity index (χ1n) is 5.85. The van der Waals surface area contributed by atoms with Gasteiger partial charge in [-0.05, 0) is 12.8 Å². The highest BCUT2D eigenvalue weighted by Gasteiger charge is 2.20. The summed E-state index contributed by atoms with van der Waals surface area (Å²) in [5.41, 5.74) is -0.500. The number of nitrogens with zero attached hydrogens (tertiary/aromatic N) is 3. The van der Waals surface area contributed by atoms with Gasteiger partial charge in [-0.2, -0.15) is 0 Å². The van der Waals surface area contributed by atoms with Gasteiger partial charge in [0.25, 0.3) is 0 Å². The standard InChI is InChI=1S/C10H14N4O4S/c15-7(13-3-1-2-4-13)5-14-9(18)11-12-10(14)19-6-8(16)17/h1-6H2,(H,11,18)(H,16,17). The molecule has 1 aromatic heterocycles. The molecule has 2 N–H and O–H groups in total. The molecular formula is C10H14N4O4S. The summed E-state index contributed by atoms with van der Waals surface area (Å²) < 4.78 is 1.17. The normalized spacial score (nSPS) is 14.8. The Kier molecular flexibility index (Phi) is 4.25. The Bertz CT molecular complexity index is 532. The van der Waals surface area contributed by atoms with E-state index in [1.807, 2.05) is 0 Å². The highest BCUT2D eigenvalue weighted by atomic mass is 32.2. The number of rotatable bonds is 5. The number of carbonyl (C=O) groups excluding carboxylic acids is 1. The van der Waals surface area contributed by atoms with Crippen LogP contribution < -0.4 is 5.69 Å². The lowest BCUT2D eigenvalue weighted by Gasteiger charge is -2.15. The van der Waals surface area contributed by atoms with Gasteiger partial charge in [-0.3, -0.25) is 14.2 Å². The van der Waals surface area contributed by atoms with E-state index < -0.39 is 11.7 Å². The topological polar surface area (TPSA) is 108 Å². The minimum atomic E-state index is -1.00. The molecule has 1 aliphatic rings. The van der Waals surface area contributed by atoms with Crippen LogP contribution in [0, 0.1) is 0 Å². The first kappa shape index (κ1) is 13.7. The molecule has 9 heteroatoms. The zero-order chi connectivity index (χ0) is 13.8. The number of amides is 1. The fourth-order valence-electron chi connectivity index (χ4n) is 1.88. The van der Waals surface area contributed by atoms with E-state index in [1.165, 1.54) is 4.57 Å². The number of carboxylic acids is 1. The molecule has 1 saturated heterocycles. The van der Waals surface area contributed by atoms with Crippen molar-refractivity contribution in [1.29, 1.82) is 0 Å². The van der Waals surface area contributed by atoms with Crippen LogP contribution in [0.1, 0.15) is 12.8 Å². The van der Waals surface area contributed by atoms with E-state index in [9.17, 15) is 14.4 Å². The number of H-pyrrole nitrogens is 1. The van der Waals surface area contributed by atoms with Crippen LogP contribution in [-0.2, 0) is 16.1 Å². The molecule has 2 heterocycles. The van der Waals surface area contributed by atoms with Gasteiger partial charge in [0.15, 0.2) is 5.16 Å². The van der Waals surface area contributed by atoms with Crippen molar-refractivity contribution in [3.8, 4) is 0 Å². The monoisotopic (exact) mass is 286 g/mol. The summed E-state index contributed by atoms with van der Waals surface area (Å²) >= 11 is 0.911. The maximum Gasteiger partial charge on any atom is 0.344 e. The lowest BCUT2D eigenvalue weighted by atomic mass is 10.4. The van der Waals surface area contributed by atoms with E-state index >= 15 is 0 Å². The summed E-state index contributed by atoms with van der Waals surface area (Å²) in [6.45, 7) is 1.32. The van der Waals surface area contributed by atoms with Crippen LogP contribution in [0.5, 0.6) is 0 Å². The Balaban J connectivity index is 2.06. The number of hydrogen-bond acceptors (Lipinski definition) is 5. The Morgan fingerprint density at radius 2 is 2.05 bits per heavy atom. The molecule has 0 unspecified atom stereocenters. The molecule has 0 aliphatic carbocycles. The number of carboxylic acid groups (broad SMARTS) is 1. The fraction of sp³-hybridized carbons (Fsp3) is 0.600. The second-order valence-electron chi connectivity index (χ2n) is 4.17. The second-order valence-corrected chi connectivity index (χ2v) is 5.11. The van der Waals surface area contributed by atoms with Crippen molar-refractivity contribution in [3.63, 3.8) is 0 Å². The van der Waals surface area contributed by atoms with Crippen LogP contribution in [0.3, 0.4) is 0 Å². The first-order valence-corrected chi connectivity index (χ1v) is 6.84. The average Bonchev–Trinajstić information content (AvgIpc) is 2.99. The molecule has 2 rings (SSSR count). The van der Waals surface area contributed by atoms with Gasteiger partial charge in [-0.1, -0.05) is 11.8 Å². The van der Waals surface area contributed by atoms with Crippen molar-refractivity contribution in [2.24, 2.45) is 0 Å². The summed E-state index contributed by atoms with van der Waals surface area (Å²) in [6.07, 6.45) is 1.96. The Morgan fingerprint density at radius 1 is 1.37 bits per heavy atom. The smallest absolute Gasteiger partial charge is 0.344 e. The van der Waals surface area contributed by atoms with E-state index in [0.29, 0.717) is 13.1 Å². The summed E-state index contributed by atoms with van der Waals surface area (Å²) in [5.74, 6) is -1.35. The molecule has 1 fully saturated rings. The lowest BCUT2D eigenvalue weighted by Crippen LogP contribution is -2.34. The molecule has 0 spiro atoms. The minimum Gasteiger partial charge on any atom is -0.481 e. The van der Waals surface area contributed by atoms with Crippen molar-refractivity contribution in [1.82, 2.24) is 19.7 Å². The van der Waals surface area contributed by atoms with Gasteiger partial charge in [0.2, 0.25) is 5.91 Å². The predicted octanol–water partition coefficient (Wildman–Crippen LogP) is -0.629. The second kappa shape index (κ2) is 5.91. The number of hydrogen-bond donors (Lipinski definition) is 2. The summed E-state index contributed by atoms with van der Waals surface area (Å²) in [6, 6.07) is 0. The molecule has 1 amide bonds. The quantitative estimate of drug-likeness (QED) is 0.698. The average molecular weight is 286 g/mol. The van der Waals surface area contributed by atoms with Gasteiger partial charge >= 0.3 is 11.7 Å². The van der Waals surface area contributed by atoms with Crippen LogP contribution in [0.15, 0.2) is 9.95 Å². The molecule has 1 aromatic rings. The molecule has 8 nitrogen and oxygen atoms in total. The summed E-state index contributed by atoms with van der Waals surface area (Å²) in [7, 11) is 0. The van der Waals surface area contributed by atoms with Crippen LogP contribution in [0.2, 0.25) is 0 Å². The molecule has 19 heavy (non-hydrogen) atoms. The zero-order valence-electron chi connectivity index (χ0n) is 10.2. The van der Waals surface area contributed by atoms with Crippen molar-refractivity contribution in [2.45, 2.75) is 24.5 Å². The van der Waals surface area contributed by atoms with Crippen LogP contribution in [0.4, 0.5) is 0 Å². The number of aromatic nitrogens is 3. The van der Waals surface area contributed by atoms with Crippen molar-refractivity contribution in [3.05, 3.63) is 10.5 Å². The van der Waals surface area contributed by atoms with Gasteiger partial charge in [-0.15, -0.1) is 5.10 Å². The van der Waals surface area contributed by atoms with E-state index in [2.05, 4.69) is 10.2 Å². The molecule has 0 radical (unpaired) electrons. The SMILES string of the molecule is O=C(O)CSc1n[nH]c(=O)n1CC(=O)N1CCCC1. The highest BCUT2D eigenvalue weighted by molar-refractivity contribution is 7.99. The van der Waals surface area contributed by atoms with E-state index in [-0.39, 0.29) is 23.4 Å². The Hall–Kier alpha value is -1.77. The maximum atomic E-state index is 12.0. The number of nitrogens with one attached hydrogen (secondary N) is 1. The van der Waals surface area contributed by atoms with E-state index in [1.54, 1.807) is 4.90 Å². The van der Waals surface area contributed by atoms with E-state index in [4.69, 9.17) is 5.11 Å². The van der Waals surface area contributed by atoms with E-state index in [0.717, 1.165) is 24.6 Å². The van der Waals surface area contributed by atoms with Gasteiger partial charge in [-0.25, -0.2) is 9.89 Å². The van der Waals surface area contributed by atoms with Gasteiger partial charge in [0, 0.05) is 13.1 Å². The third-order valence-electron chi connectivity index (χ3n) is 2.80. The third-order valence-corrected chi connectivity index (χ3v) is 3.76. The Labute approximate surface area is 112 Å². The summed E-state index contributed by atoms with van der Waals surface area (Å²) in [5, 5.41) is 14.8. The lowest BCUT2D eigenvalue weighted by molar-refractivity contribution is -0.134. The third kappa shape index (κ3) is 3.37. The highest BCUT2D eigenvalue weighted by Crippen LogP contribution is 2.14. The maximum absolute atomic E-state index is 12.0.